The van der Waals surface area contributed by atoms with Crippen LogP contribution in [0.4, 0.5) is 18.0 Å². The Hall–Kier alpha value is -1.70. The van der Waals surface area contributed by atoms with Gasteiger partial charge in [-0.25, -0.2) is 9.78 Å². The molecule has 130 valence electrons. The molecule has 1 atom stereocenters. The number of nitrogens with zero attached hydrogens (tertiary/aromatic N) is 1. The number of alkyl halides is 3. The molecule has 1 rings (SSSR count). The van der Waals surface area contributed by atoms with Gasteiger partial charge in [0, 0.05) is 6.20 Å². The molecule has 9 heteroatoms. The molecule has 1 aromatic rings. The lowest BCUT2D eigenvalue weighted by Gasteiger charge is -2.21. The second kappa shape index (κ2) is 7.25. The SMILES string of the molecule is C[C@H](CNC(=O)OC(C)(C)C)Oc1ncc(C(F)(F)F)cc1Cl. The van der Waals surface area contributed by atoms with E-state index in [0.29, 0.717) is 6.20 Å². The highest BCUT2D eigenvalue weighted by Crippen LogP contribution is 2.33. The van der Waals surface area contributed by atoms with E-state index in [1.165, 1.54) is 0 Å². The summed E-state index contributed by atoms with van der Waals surface area (Å²) in [7, 11) is 0. The van der Waals surface area contributed by atoms with E-state index >= 15 is 0 Å². The van der Waals surface area contributed by atoms with Crippen LogP contribution in [0.3, 0.4) is 0 Å². The Bertz CT molecular complexity index is 559. The molecule has 23 heavy (non-hydrogen) atoms. The third kappa shape index (κ3) is 6.94. The van der Waals surface area contributed by atoms with Crippen molar-refractivity contribution >= 4 is 17.7 Å². The molecule has 1 amide bonds. The first-order valence-corrected chi connectivity index (χ1v) is 7.12. The Morgan fingerprint density at radius 3 is 2.48 bits per heavy atom. The lowest BCUT2D eigenvalue weighted by molar-refractivity contribution is -0.137. The molecule has 0 aromatic carbocycles. The number of nitrogens with one attached hydrogen (secondary N) is 1. The van der Waals surface area contributed by atoms with Crippen LogP contribution in [0, 0.1) is 0 Å². The minimum absolute atomic E-state index is 0.0773. The molecule has 0 aliphatic heterocycles. The van der Waals surface area contributed by atoms with Crippen LogP contribution in [0.5, 0.6) is 5.88 Å². The summed E-state index contributed by atoms with van der Waals surface area (Å²) >= 11 is 5.73. The summed E-state index contributed by atoms with van der Waals surface area (Å²) in [6, 6.07) is 0.734. The van der Waals surface area contributed by atoms with E-state index in [2.05, 4.69) is 10.3 Å². The van der Waals surface area contributed by atoms with Crippen molar-refractivity contribution in [3.05, 3.63) is 22.8 Å². The fraction of sp³-hybridized carbons (Fsp3) is 0.571. The molecule has 0 aliphatic carbocycles. The number of hydrogen-bond acceptors (Lipinski definition) is 4. The maximum Gasteiger partial charge on any atom is 0.417 e. The van der Waals surface area contributed by atoms with Gasteiger partial charge in [0.25, 0.3) is 0 Å². The predicted octanol–water partition coefficient (Wildman–Crippen LogP) is 4.05. The van der Waals surface area contributed by atoms with Gasteiger partial charge < -0.3 is 14.8 Å². The smallest absolute Gasteiger partial charge is 0.417 e. The Morgan fingerprint density at radius 1 is 1.39 bits per heavy atom. The third-order valence-corrected chi connectivity index (χ3v) is 2.65. The van der Waals surface area contributed by atoms with Gasteiger partial charge in [-0.3, -0.25) is 0 Å². The summed E-state index contributed by atoms with van der Waals surface area (Å²) < 4.78 is 47.9. The number of amides is 1. The summed E-state index contributed by atoms with van der Waals surface area (Å²) in [4.78, 5) is 15.0. The van der Waals surface area contributed by atoms with Crippen molar-refractivity contribution in [2.45, 2.75) is 45.6 Å². The molecule has 0 spiro atoms. The van der Waals surface area contributed by atoms with Crippen LogP contribution in [0.25, 0.3) is 0 Å². The third-order valence-electron chi connectivity index (χ3n) is 2.38. The van der Waals surface area contributed by atoms with Gasteiger partial charge in [-0.1, -0.05) is 11.6 Å². The lowest BCUT2D eigenvalue weighted by atomic mass is 10.2. The van der Waals surface area contributed by atoms with Crippen molar-refractivity contribution in [1.82, 2.24) is 10.3 Å². The number of carbonyl (C=O) groups is 1. The molecule has 0 bridgehead atoms. The van der Waals surface area contributed by atoms with E-state index in [1.54, 1.807) is 27.7 Å². The Labute approximate surface area is 137 Å². The summed E-state index contributed by atoms with van der Waals surface area (Å²) in [5.41, 5.74) is -1.60. The van der Waals surface area contributed by atoms with E-state index in [1.807, 2.05) is 0 Å². The average Bonchev–Trinajstić information content (AvgIpc) is 2.35. The number of aromatic nitrogens is 1. The fourth-order valence-corrected chi connectivity index (χ4v) is 1.65. The molecule has 1 aromatic heterocycles. The molecular weight excluding hydrogens is 337 g/mol. The van der Waals surface area contributed by atoms with Crippen molar-refractivity contribution in [3.8, 4) is 5.88 Å². The van der Waals surface area contributed by atoms with Gasteiger partial charge in [0.2, 0.25) is 5.88 Å². The van der Waals surface area contributed by atoms with Gasteiger partial charge >= 0.3 is 12.3 Å². The molecular formula is C14H18ClF3N2O3. The summed E-state index contributed by atoms with van der Waals surface area (Å²) in [6.07, 6.45) is -5.09. The van der Waals surface area contributed by atoms with E-state index in [0.717, 1.165) is 6.07 Å². The second-order valence-corrected chi connectivity index (χ2v) is 6.23. The highest BCUT2D eigenvalue weighted by atomic mass is 35.5. The van der Waals surface area contributed by atoms with Gasteiger partial charge in [-0.05, 0) is 33.8 Å². The summed E-state index contributed by atoms with van der Waals surface area (Å²) in [5, 5.41) is 2.22. The van der Waals surface area contributed by atoms with Crippen molar-refractivity contribution in [2.75, 3.05) is 6.54 Å². The quantitative estimate of drug-likeness (QED) is 0.886. The van der Waals surface area contributed by atoms with Crippen LogP contribution < -0.4 is 10.1 Å². The molecule has 0 radical (unpaired) electrons. The van der Waals surface area contributed by atoms with Crippen LogP contribution in [0.15, 0.2) is 12.3 Å². The number of carbonyl (C=O) groups excluding carboxylic acids is 1. The molecule has 0 aliphatic rings. The normalized spacial score (nSPS) is 13.4. The van der Waals surface area contributed by atoms with E-state index in [9.17, 15) is 18.0 Å². The van der Waals surface area contributed by atoms with Crippen molar-refractivity contribution in [3.63, 3.8) is 0 Å². The zero-order valence-electron chi connectivity index (χ0n) is 13.1. The minimum Gasteiger partial charge on any atom is -0.472 e. The van der Waals surface area contributed by atoms with E-state index in [4.69, 9.17) is 21.1 Å². The zero-order valence-corrected chi connectivity index (χ0v) is 13.9. The van der Waals surface area contributed by atoms with Crippen LogP contribution in [0.1, 0.15) is 33.3 Å². The van der Waals surface area contributed by atoms with Crippen LogP contribution in [0.2, 0.25) is 5.02 Å². The molecule has 0 saturated heterocycles. The highest BCUT2D eigenvalue weighted by molar-refractivity contribution is 6.31. The average molecular weight is 355 g/mol. The maximum atomic E-state index is 12.5. The van der Waals surface area contributed by atoms with Gasteiger partial charge in [0.05, 0.1) is 12.1 Å². The number of hydrogen-bond donors (Lipinski definition) is 1. The number of alkyl carbamates (subject to hydrolysis) is 1. The van der Waals surface area contributed by atoms with E-state index < -0.39 is 29.5 Å². The van der Waals surface area contributed by atoms with Crippen molar-refractivity contribution in [1.29, 1.82) is 0 Å². The predicted molar refractivity (Wildman–Crippen MR) is 78.6 cm³/mol. The fourth-order valence-electron chi connectivity index (χ4n) is 1.44. The first-order valence-electron chi connectivity index (χ1n) is 6.75. The largest absolute Gasteiger partial charge is 0.472 e. The van der Waals surface area contributed by atoms with Crippen LogP contribution in [-0.4, -0.2) is 29.3 Å². The monoisotopic (exact) mass is 354 g/mol. The van der Waals surface area contributed by atoms with Gasteiger partial charge in [0.1, 0.15) is 16.7 Å². The zero-order chi connectivity index (χ0) is 17.8. The van der Waals surface area contributed by atoms with Crippen molar-refractivity contribution in [2.24, 2.45) is 0 Å². The summed E-state index contributed by atoms with van der Waals surface area (Å²) in [6.45, 7) is 6.84. The van der Waals surface area contributed by atoms with Crippen molar-refractivity contribution < 1.29 is 27.4 Å². The number of rotatable bonds is 4. The van der Waals surface area contributed by atoms with Crippen LogP contribution in [-0.2, 0) is 10.9 Å². The standard InChI is InChI=1S/C14H18ClF3N2O3/c1-8(6-20-12(21)23-13(2,3)4)22-11-10(15)5-9(7-19-11)14(16,17)18/h5,7-8H,6H2,1-4H3,(H,20,21)/t8-/m1/s1. The second-order valence-electron chi connectivity index (χ2n) is 5.82. The molecule has 0 fully saturated rings. The van der Waals surface area contributed by atoms with E-state index in [-0.39, 0.29) is 17.4 Å². The Balaban J connectivity index is 2.58. The Morgan fingerprint density at radius 2 is 2.00 bits per heavy atom. The summed E-state index contributed by atoms with van der Waals surface area (Å²) in [5.74, 6) is -0.141. The molecule has 0 saturated carbocycles. The number of ether oxygens (including phenoxy) is 2. The molecule has 1 heterocycles. The Kier molecular flexibility index (Phi) is 6.10. The van der Waals surface area contributed by atoms with Gasteiger partial charge in [-0.2, -0.15) is 13.2 Å². The molecule has 0 unspecified atom stereocenters. The maximum absolute atomic E-state index is 12.5. The number of pyridine rings is 1. The minimum atomic E-state index is -4.53. The molecule has 5 nitrogen and oxygen atoms in total. The first kappa shape index (κ1) is 19.3. The topological polar surface area (TPSA) is 60.5 Å². The molecule has 1 N–H and O–H groups in total. The lowest BCUT2D eigenvalue weighted by Crippen LogP contribution is -2.37. The van der Waals surface area contributed by atoms with Gasteiger partial charge in [0.15, 0.2) is 0 Å². The van der Waals surface area contributed by atoms with Gasteiger partial charge in [-0.15, -0.1) is 0 Å². The highest BCUT2D eigenvalue weighted by Gasteiger charge is 2.32. The van der Waals surface area contributed by atoms with Crippen LogP contribution >= 0.6 is 11.6 Å². The number of halogens is 4. The first-order chi connectivity index (χ1) is 10.4.